The Labute approximate surface area is 187 Å². The molecule has 28 heavy (non-hydrogen) atoms. The fraction of sp³-hybridized carbons (Fsp3) is 0.333. The number of nitriles is 1. The van der Waals surface area contributed by atoms with Crippen molar-refractivity contribution in [2.45, 2.75) is 23.4 Å². The molecule has 150 valence electrons. The number of ether oxygens (including phenoxy) is 2. The number of carbonyl (C=O) groups is 1. The minimum Gasteiger partial charge on any atom is -0.435 e. The second kappa shape index (κ2) is 10.1. The molecule has 0 aliphatic rings. The molecule has 0 fully saturated rings. The van der Waals surface area contributed by atoms with E-state index in [0.717, 1.165) is 6.42 Å². The zero-order chi connectivity index (χ0) is 20.9. The van der Waals surface area contributed by atoms with Crippen molar-refractivity contribution in [2.24, 2.45) is 0 Å². The Kier molecular flexibility index (Phi) is 8.32. The van der Waals surface area contributed by atoms with E-state index in [4.69, 9.17) is 67.5 Å². The van der Waals surface area contributed by atoms with Gasteiger partial charge in [0, 0.05) is 30.1 Å². The van der Waals surface area contributed by atoms with Gasteiger partial charge >= 0.3 is 5.97 Å². The second-order valence-electron chi connectivity index (χ2n) is 5.68. The highest BCUT2D eigenvalue weighted by atomic mass is 35.6. The molecule has 2 rings (SSSR count). The molecule has 0 radical (unpaired) electrons. The summed E-state index contributed by atoms with van der Waals surface area (Å²) in [7, 11) is 0. The molecule has 5 nitrogen and oxygen atoms in total. The Morgan fingerprint density at radius 2 is 1.96 bits per heavy atom. The molecule has 0 aliphatic heterocycles. The Balaban J connectivity index is 2.40. The summed E-state index contributed by atoms with van der Waals surface area (Å²) in [5.74, 6) is -0.709. The fourth-order valence-electron chi connectivity index (χ4n) is 2.38. The predicted molar refractivity (Wildman–Crippen MR) is 111 cm³/mol. The fourth-order valence-corrected chi connectivity index (χ4v) is 3.25. The third-order valence-corrected chi connectivity index (χ3v) is 4.95. The van der Waals surface area contributed by atoms with Crippen molar-refractivity contribution in [3.05, 3.63) is 46.2 Å². The topological polar surface area (TPSA) is 64.2 Å². The number of carbonyl (C=O) groups excluding carboxylic acids is 1. The highest BCUT2D eigenvalue weighted by molar-refractivity contribution is 6.67. The summed E-state index contributed by atoms with van der Waals surface area (Å²) >= 11 is 30.3. The standard InChI is InChI=1S/C18H15Cl5N2O3/c1-2-6-27-10-15(26)28-17(18(21,22)23)25-8-11(7-24)13(9-25)12-4-3-5-14(19)16(12)20/h3-5,8-9,17H,2,6,10H2,1H3. The summed E-state index contributed by atoms with van der Waals surface area (Å²) in [6.45, 7) is 2.01. The quantitative estimate of drug-likeness (QED) is 0.268. The minimum atomic E-state index is -2.00. The Morgan fingerprint density at radius 1 is 1.25 bits per heavy atom. The van der Waals surface area contributed by atoms with Gasteiger partial charge in [-0.1, -0.05) is 77.1 Å². The number of esters is 1. The number of alkyl halides is 3. The smallest absolute Gasteiger partial charge is 0.334 e. The van der Waals surface area contributed by atoms with E-state index in [2.05, 4.69) is 0 Å². The molecule has 1 heterocycles. The van der Waals surface area contributed by atoms with Crippen LogP contribution in [0.3, 0.4) is 0 Å². The molecule has 0 N–H and O–H groups in total. The lowest BCUT2D eigenvalue weighted by Crippen LogP contribution is -2.29. The molecule has 0 saturated heterocycles. The molecule has 0 aliphatic carbocycles. The van der Waals surface area contributed by atoms with Crippen LogP contribution in [0.4, 0.5) is 0 Å². The van der Waals surface area contributed by atoms with Gasteiger partial charge in [-0.3, -0.25) is 0 Å². The van der Waals surface area contributed by atoms with Crippen molar-refractivity contribution in [3.8, 4) is 17.2 Å². The van der Waals surface area contributed by atoms with Gasteiger partial charge in [-0.25, -0.2) is 4.79 Å². The normalized spacial score (nSPS) is 12.5. The Bertz CT molecular complexity index is 886. The number of halogens is 5. The molecular formula is C18H15Cl5N2O3. The van der Waals surface area contributed by atoms with Gasteiger partial charge in [-0.05, 0) is 12.5 Å². The van der Waals surface area contributed by atoms with Crippen LogP contribution < -0.4 is 0 Å². The predicted octanol–water partition coefficient (Wildman–Crippen LogP) is 6.17. The van der Waals surface area contributed by atoms with Crippen LogP contribution in [0.5, 0.6) is 0 Å². The Morgan fingerprint density at radius 3 is 2.57 bits per heavy atom. The SMILES string of the molecule is CCCOCC(=O)OC(n1cc(C#N)c(-c2cccc(Cl)c2Cl)c1)C(Cl)(Cl)Cl. The molecule has 2 aromatic rings. The summed E-state index contributed by atoms with van der Waals surface area (Å²) in [6, 6.07) is 7.06. The maximum Gasteiger partial charge on any atom is 0.334 e. The first kappa shape index (κ1) is 23.2. The molecular weight excluding hydrogens is 469 g/mol. The molecule has 1 aromatic carbocycles. The van der Waals surface area contributed by atoms with Crippen LogP contribution in [0.25, 0.3) is 11.1 Å². The van der Waals surface area contributed by atoms with Crippen molar-refractivity contribution in [2.75, 3.05) is 13.2 Å². The van der Waals surface area contributed by atoms with Crippen LogP contribution in [-0.4, -0.2) is 27.5 Å². The number of aromatic nitrogens is 1. The van der Waals surface area contributed by atoms with Gasteiger partial charge in [0.25, 0.3) is 0 Å². The third-order valence-electron chi connectivity index (χ3n) is 3.57. The molecule has 0 bridgehead atoms. The van der Waals surface area contributed by atoms with Gasteiger partial charge < -0.3 is 14.0 Å². The lowest BCUT2D eigenvalue weighted by Gasteiger charge is -2.25. The van der Waals surface area contributed by atoms with E-state index in [1.54, 1.807) is 18.2 Å². The molecule has 1 atom stereocenters. The summed E-state index contributed by atoms with van der Waals surface area (Å²) < 4.78 is 9.76. The van der Waals surface area contributed by atoms with Crippen LogP contribution in [0.1, 0.15) is 25.1 Å². The number of hydrogen-bond donors (Lipinski definition) is 0. The Hall–Kier alpha value is -1.13. The van der Waals surface area contributed by atoms with Crippen molar-refractivity contribution in [1.29, 1.82) is 5.26 Å². The first-order chi connectivity index (χ1) is 13.2. The average molecular weight is 485 g/mol. The van der Waals surface area contributed by atoms with Gasteiger partial charge in [-0.15, -0.1) is 0 Å². The highest BCUT2D eigenvalue weighted by Crippen LogP contribution is 2.42. The van der Waals surface area contributed by atoms with Crippen LogP contribution in [0, 0.1) is 11.3 Å². The van der Waals surface area contributed by atoms with E-state index >= 15 is 0 Å². The van der Waals surface area contributed by atoms with E-state index in [1.807, 2.05) is 13.0 Å². The average Bonchev–Trinajstić information content (AvgIpc) is 3.05. The summed E-state index contributed by atoms with van der Waals surface area (Å²) in [6.07, 6.45) is 2.32. The van der Waals surface area contributed by atoms with E-state index in [-0.39, 0.29) is 17.2 Å². The second-order valence-corrected chi connectivity index (χ2v) is 8.84. The maximum absolute atomic E-state index is 12.0. The van der Waals surface area contributed by atoms with Gasteiger partial charge in [0.15, 0.2) is 0 Å². The van der Waals surface area contributed by atoms with Crippen molar-refractivity contribution < 1.29 is 14.3 Å². The first-order valence-electron chi connectivity index (χ1n) is 8.09. The minimum absolute atomic E-state index is 0.238. The van der Waals surface area contributed by atoms with Gasteiger partial charge in [0.1, 0.15) is 12.7 Å². The molecule has 1 aromatic heterocycles. The summed E-state index contributed by atoms with van der Waals surface area (Å²) in [5.41, 5.74) is 1.21. The molecule has 0 amide bonds. The maximum atomic E-state index is 12.0. The van der Waals surface area contributed by atoms with E-state index in [9.17, 15) is 10.1 Å². The largest absolute Gasteiger partial charge is 0.435 e. The zero-order valence-electron chi connectivity index (χ0n) is 14.6. The zero-order valence-corrected chi connectivity index (χ0v) is 18.4. The molecule has 0 spiro atoms. The number of benzene rings is 1. The molecule has 1 unspecified atom stereocenters. The summed E-state index contributed by atoms with van der Waals surface area (Å²) in [5, 5.41) is 10.1. The highest BCUT2D eigenvalue weighted by Gasteiger charge is 2.38. The van der Waals surface area contributed by atoms with Gasteiger partial charge in [-0.2, -0.15) is 5.26 Å². The number of rotatable bonds is 7. The van der Waals surface area contributed by atoms with E-state index in [0.29, 0.717) is 22.8 Å². The van der Waals surface area contributed by atoms with Gasteiger partial charge in [0.05, 0.1) is 15.6 Å². The summed E-state index contributed by atoms with van der Waals surface area (Å²) in [4.78, 5) is 12.0. The van der Waals surface area contributed by atoms with Crippen molar-refractivity contribution >= 4 is 64.0 Å². The lowest BCUT2D eigenvalue weighted by atomic mass is 10.1. The lowest BCUT2D eigenvalue weighted by molar-refractivity contribution is -0.159. The van der Waals surface area contributed by atoms with E-state index < -0.39 is 16.0 Å². The number of nitrogens with zero attached hydrogens (tertiary/aromatic N) is 2. The van der Waals surface area contributed by atoms with Crippen LogP contribution in [0.2, 0.25) is 10.0 Å². The van der Waals surface area contributed by atoms with Gasteiger partial charge in [0.2, 0.25) is 10.0 Å². The van der Waals surface area contributed by atoms with Crippen LogP contribution in [-0.2, 0) is 14.3 Å². The van der Waals surface area contributed by atoms with Crippen molar-refractivity contribution in [3.63, 3.8) is 0 Å². The monoisotopic (exact) mass is 482 g/mol. The first-order valence-corrected chi connectivity index (χ1v) is 9.97. The van der Waals surface area contributed by atoms with Crippen LogP contribution >= 0.6 is 58.0 Å². The third kappa shape index (κ3) is 5.70. The van der Waals surface area contributed by atoms with Crippen molar-refractivity contribution in [1.82, 2.24) is 4.57 Å². The number of hydrogen-bond acceptors (Lipinski definition) is 4. The van der Waals surface area contributed by atoms with Crippen LogP contribution in [0.15, 0.2) is 30.6 Å². The van der Waals surface area contributed by atoms with E-state index in [1.165, 1.54) is 17.0 Å². The molecule has 10 heteroatoms. The molecule has 0 saturated carbocycles.